The Hall–Kier alpha value is -0.350. The molecule has 0 spiro atoms. The van der Waals surface area contributed by atoms with E-state index in [0.717, 1.165) is 0 Å². The zero-order valence-corrected chi connectivity index (χ0v) is 14.5. The van der Waals surface area contributed by atoms with Crippen LogP contribution >= 0.6 is 8.19 Å². The molecule has 18 heavy (non-hydrogen) atoms. The lowest BCUT2D eigenvalue weighted by Gasteiger charge is -2.35. The first-order valence-electron chi connectivity index (χ1n) is 6.85. The average molecular weight is 264 g/mol. The van der Waals surface area contributed by atoms with Crippen molar-refractivity contribution in [2.24, 2.45) is 0 Å². The van der Waals surface area contributed by atoms with Crippen molar-refractivity contribution in [3.63, 3.8) is 0 Å². The first-order chi connectivity index (χ1) is 7.85. The third-order valence-corrected chi connectivity index (χ3v) is 4.67. The van der Waals surface area contributed by atoms with Gasteiger partial charge in [0.2, 0.25) is 0 Å². The quantitative estimate of drug-likeness (QED) is 0.526. The molecule has 0 saturated heterocycles. The van der Waals surface area contributed by atoms with E-state index in [1.165, 1.54) is 13.8 Å². The van der Waals surface area contributed by atoms with E-state index >= 15 is 0 Å². The fourth-order valence-corrected chi connectivity index (χ4v) is 3.76. The topological polar surface area (TPSA) is 0 Å². The monoisotopic (exact) mass is 264 g/mol. The van der Waals surface area contributed by atoms with Gasteiger partial charge in [0.15, 0.2) is 0 Å². The van der Waals surface area contributed by atoms with E-state index in [0.29, 0.717) is 0 Å². The molecule has 0 aliphatic carbocycles. The molecule has 0 nitrogen and oxygen atoms in total. The Morgan fingerprint density at radius 1 is 0.722 bits per heavy atom. The summed E-state index contributed by atoms with van der Waals surface area (Å²) in [5.41, 5.74) is 3.75. The summed E-state index contributed by atoms with van der Waals surface area (Å²) in [5.74, 6) is 2.32. The molecular formula is C17H29P. The Labute approximate surface area is 115 Å². The minimum Gasteiger partial charge on any atom is -0.0720 e. The number of hydrogen-bond acceptors (Lipinski definition) is 0. The second-order valence-corrected chi connectivity index (χ2v) is 9.34. The predicted octanol–water partition coefficient (Wildman–Crippen LogP) is 6.16. The minimum atomic E-state index is 0.211. The normalized spacial score (nSPS) is 14.3. The molecule has 0 N–H and O–H groups in total. The smallest absolute Gasteiger partial charge is 0.00853 e. The van der Waals surface area contributed by atoms with E-state index in [1.54, 1.807) is 10.9 Å². The average Bonchev–Trinajstić information content (AvgIpc) is 2.12. The van der Waals surface area contributed by atoms with Gasteiger partial charge in [0.25, 0.3) is 0 Å². The van der Waals surface area contributed by atoms with Crippen molar-refractivity contribution in [1.29, 1.82) is 0 Å². The van der Waals surface area contributed by atoms with E-state index in [4.69, 9.17) is 0 Å². The van der Waals surface area contributed by atoms with Crippen LogP contribution in [-0.2, 0) is 16.2 Å². The Bertz CT molecular complexity index is 390. The fraction of sp³-hybridized carbons (Fsp3) is 0.706. The molecule has 0 saturated carbocycles. The molecule has 0 bridgehead atoms. The first-order valence-corrected chi connectivity index (χ1v) is 7.82. The predicted molar refractivity (Wildman–Crippen MR) is 85.1 cm³/mol. The molecule has 0 unspecified atom stereocenters. The maximum absolute atomic E-state index is 2.34. The van der Waals surface area contributed by atoms with Crippen molar-refractivity contribution >= 4 is 8.19 Å². The summed E-state index contributed by atoms with van der Waals surface area (Å²) in [6.07, 6.45) is 0. The van der Waals surface area contributed by atoms with Crippen molar-refractivity contribution in [2.75, 3.05) is 0 Å². The van der Waals surface area contributed by atoms with Gasteiger partial charge < -0.3 is 0 Å². The highest BCUT2D eigenvalue weighted by Gasteiger charge is 2.31. The summed E-state index contributed by atoms with van der Waals surface area (Å²) in [4.78, 5) is 0. The van der Waals surface area contributed by atoms with E-state index in [1.807, 2.05) is 0 Å². The van der Waals surface area contributed by atoms with E-state index in [2.05, 4.69) is 74.2 Å². The van der Waals surface area contributed by atoms with Gasteiger partial charge in [0, 0.05) is 0 Å². The van der Waals surface area contributed by atoms with Crippen LogP contribution in [0.2, 0.25) is 0 Å². The highest BCUT2D eigenvalue weighted by molar-refractivity contribution is 7.30. The Morgan fingerprint density at radius 2 is 1.22 bits per heavy atom. The molecule has 0 aromatic carbocycles. The van der Waals surface area contributed by atoms with Crippen molar-refractivity contribution in [2.45, 2.75) is 78.6 Å². The van der Waals surface area contributed by atoms with Gasteiger partial charge in [-0.2, -0.15) is 0 Å². The molecule has 1 aromatic rings. The third-order valence-electron chi connectivity index (χ3n) is 3.22. The molecule has 102 valence electrons. The van der Waals surface area contributed by atoms with Gasteiger partial charge in [0.05, 0.1) is 0 Å². The van der Waals surface area contributed by atoms with Crippen LogP contribution in [-0.4, -0.2) is 0 Å². The molecule has 0 fully saturated rings. The van der Waals surface area contributed by atoms with Crippen LogP contribution in [0, 0.1) is 0 Å². The largest absolute Gasteiger partial charge is 0.0720 e. The molecule has 0 amide bonds. The summed E-state index contributed by atoms with van der Waals surface area (Å²) in [7, 11) is 1.37. The molecule has 1 heterocycles. The van der Waals surface area contributed by atoms with Gasteiger partial charge in [-0.1, -0.05) is 76.6 Å². The lowest BCUT2D eigenvalue weighted by atomic mass is 9.72. The van der Waals surface area contributed by atoms with Crippen molar-refractivity contribution in [3.05, 3.63) is 28.3 Å². The summed E-state index contributed by atoms with van der Waals surface area (Å²) in [6.45, 7) is 21.0. The minimum absolute atomic E-state index is 0.211. The molecular weight excluding hydrogens is 235 g/mol. The van der Waals surface area contributed by atoms with Crippen LogP contribution in [0.1, 0.15) is 78.7 Å². The Balaban J connectivity index is 3.68. The van der Waals surface area contributed by atoms with Crippen LogP contribution < -0.4 is 0 Å². The van der Waals surface area contributed by atoms with Crippen molar-refractivity contribution in [3.8, 4) is 0 Å². The Morgan fingerprint density at radius 3 is 1.56 bits per heavy atom. The molecule has 1 aromatic heterocycles. The molecule has 0 aliphatic heterocycles. The summed E-state index contributed by atoms with van der Waals surface area (Å²) in [5, 5.41) is 1.59. The van der Waals surface area contributed by atoms with E-state index in [-0.39, 0.29) is 16.2 Å². The second-order valence-electron chi connectivity index (χ2n) is 8.33. The fourth-order valence-electron chi connectivity index (χ4n) is 2.41. The van der Waals surface area contributed by atoms with E-state index in [9.17, 15) is 0 Å². The van der Waals surface area contributed by atoms with Gasteiger partial charge >= 0.3 is 0 Å². The van der Waals surface area contributed by atoms with Gasteiger partial charge in [-0.05, 0) is 38.5 Å². The van der Waals surface area contributed by atoms with Crippen molar-refractivity contribution < 1.29 is 0 Å². The van der Waals surface area contributed by atoms with Gasteiger partial charge in [-0.15, -0.1) is 0 Å². The maximum Gasteiger partial charge on any atom is -0.00853 e. The lowest BCUT2D eigenvalue weighted by Crippen LogP contribution is -2.26. The van der Waals surface area contributed by atoms with Gasteiger partial charge in [0.1, 0.15) is 0 Å². The van der Waals surface area contributed by atoms with Crippen LogP contribution in [0.3, 0.4) is 0 Å². The zero-order chi connectivity index (χ0) is 14.4. The van der Waals surface area contributed by atoms with Crippen LogP contribution in [0.4, 0.5) is 0 Å². The standard InChI is InChI=1S/C17H29P/c1-15(2,3)12-10-11-18-14(17(7,8)9)13(12)16(4,5)6/h10-11H,1-9H3. The highest BCUT2D eigenvalue weighted by atomic mass is 31.0. The molecule has 0 aliphatic rings. The van der Waals surface area contributed by atoms with E-state index < -0.39 is 0 Å². The molecule has 0 atom stereocenters. The number of rotatable bonds is 0. The van der Waals surface area contributed by atoms with Crippen LogP contribution in [0.25, 0.3) is 0 Å². The summed E-state index contributed by atoms with van der Waals surface area (Å²) >= 11 is 0. The van der Waals surface area contributed by atoms with Gasteiger partial charge in [-0.25, -0.2) is 0 Å². The summed E-state index contributed by atoms with van der Waals surface area (Å²) < 4.78 is 0. The van der Waals surface area contributed by atoms with Gasteiger partial charge in [-0.3, -0.25) is 0 Å². The molecule has 0 radical (unpaired) electrons. The number of hydrogen-bond donors (Lipinski definition) is 0. The highest BCUT2D eigenvalue weighted by Crippen LogP contribution is 2.43. The maximum atomic E-state index is 2.34. The van der Waals surface area contributed by atoms with Crippen LogP contribution in [0.5, 0.6) is 0 Å². The third kappa shape index (κ3) is 3.35. The zero-order valence-electron chi connectivity index (χ0n) is 13.6. The lowest BCUT2D eigenvalue weighted by molar-refractivity contribution is 0.505. The van der Waals surface area contributed by atoms with Crippen molar-refractivity contribution in [1.82, 2.24) is 0 Å². The SMILES string of the molecule is CC(C)(C)c1ccpc(C(C)(C)C)c1C(C)(C)C. The Kier molecular flexibility index (Phi) is 4.05. The second kappa shape index (κ2) is 4.64. The summed E-state index contributed by atoms with van der Waals surface area (Å²) in [6, 6.07) is 2.34. The molecule has 1 heteroatoms. The first kappa shape index (κ1) is 15.7. The molecule has 1 rings (SSSR count). The van der Waals surface area contributed by atoms with Crippen LogP contribution in [0.15, 0.2) is 11.9 Å².